The molecular formula is C10H18ClNO. The van der Waals surface area contributed by atoms with Crippen LogP contribution in [0.4, 0.5) is 0 Å². The molecule has 2 nitrogen and oxygen atoms in total. The Bertz CT molecular complexity index is 172. The maximum atomic E-state index is 5.70. The fourth-order valence-electron chi connectivity index (χ4n) is 1.60. The van der Waals surface area contributed by atoms with Crippen LogP contribution in [0.2, 0.25) is 0 Å². The summed E-state index contributed by atoms with van der Waals surface area (Å²) in [6.45, 7) is 9.73. The third-order valence-corrected chi connectivity index (χ3v) is 2.81. The van der Waals surface area contributed by atoms with Gasteiger partial charge < -0.3 is 4.74 Å². The molecule has 1 aliphatic heterocycles. The largest absolute Gasteiger partial charge is 0.378 e. The van der Waals surface area contributed by atoms with Crippen molar-refractivity contribution in [1.29, 1.82) is 0 Å². The Balaban J connectivity index is 2.40. The Morgan fingerprint density at radius 3 is 3.08 bits per heavy atom. The number of hydrogen-bond donors (Lipinski definition) is 0. The predicted molar refractivity (Wildman–Crippen MR) is 56.3 cm³/mol. The van der Waals surface area contributed by atoms with Crippen LogP contribution in [-0.2, 0) is 4.74 Å². The third-order valence-electron chi connectivity index (χ3n) is 2.44. The zero-order valence-electron chi connectivity index (χ0n) is 8.26. The van der Waals surface area contributed by atoms with Crippen molar-refractivity contribution in [3.05, 3.63) is 12.2 Å². The maximum Gasteiger partial charge on any atom is 0.0622 e. The lowest BCUT2D eigenvalue weighted by Crippen LogP contribution is -2.45. The molecule has 3 heteroatoms. The first-order valence-corrected chi connectivity index (χ1v) is 5.35. The molecule has 76 valence electrons. The van der Waals surface area contributed by atoms with Crippen molar-refractivity contribution in [2.75, 3.05) is 32.2 Å². The average molecular weight is 204 g/mol. The molecule has 1 atom stereocenters. The van der Waals surface area contributed by atoms with E-state index in [1.54, 1.807) is 0 Å². The minimum atomic E-state index is 0.550. The molecule has 13 heavy (non-hydrogen) atoms. The van der Waals surface area contributed by atoms with E-state index in [4.69, 9.17) is 16.3 Å². The first kappa shape index (κ1) is 11.0. The van der Waals surface area contributed by atoms with Crippen molar-refractivity contribution < 1.29 is 4.74 Å². The molecule has 0 aromatic carbocycles. The molecule has 0 N–H and O–H groups in total. The van der Waals surface area contributed by atoms with Crippen LogP contribution in [0, 0.1) is 0 Å². The minimum Gasteiger partial charge on any atom is -0.378 e. The van der Waals surface area contributed by atoms with Crippen LogP contribution in [0.3, 0.4) is 0 Å². The third kappa shape index (κ3) is 3.29. The molecule has 1 rings (SSSR count). The summed E-state index contributed by atoms with van der Waals surface area (Å²) >= 11 is 5.70. The molecule has 1 unspecified atom stereocenters. The molecule has 0 amide bonds. The van der Waals surface area contributed by atoms with Crippen LogP contribution >= 0.6 is 11.6 Å². The fourth-order valence-corrected chi connectivity index (χ4v) is 1.69. The predicted octanol–water partition coefficient (Wildman–Crippen LogP) is 1.89. The van der Waals surface area contributed by atoms with Gasteiger partial charge in [-0.15, -0.1) is 11.6 Å². The van der Waals surface area contributed by atoms with E-state index in [9.17, 15) is 0 Å². The summed E-state index contributed by atoms with van der Waals surface area (Å²) in [6, 6.07) is 0.550. The molecule has 1 heterocycles. The summed E-state index contributed by atoms with van der Waals surface area (Å²) < 4.78 is 5.41. The van der Waals surface area contributed by atoms with Gasteiger partial charge in [-0.1, -0.05) is 13.5 Å². The van der Waals surface area contributed by atoms with E-state index in [1.807, 2.05) is 0 Å². The summed E-state index contributed by atoms with van der Waals surface area (Å²) in [6.07, 6.45) is 1.13. The first-order valence-electron chi connectivity index (χ1n) is 4.82. The lowest BCUT2D eigenvalue weighted by atomic mass is 10.1. The molecule has 0 spiro atoms. The summed E-state index contributed by atoms with van der Waals surface area (Å²) in [5.74, 6) is 0.563. The lowest BCUT2D eigenvalue weighted by Gasteiger charge is -2.35. The highest BCUT2D eigenvalue weighted by Gasteiger charge is 2.21. The molecule has 0 radical (unpaired) electrons. The van der Waals surface area contributed by atoms with E-state index < -0.39 is 0 Å². The van der Waals surface area contributed by atoms with Gasteiger partial charge in [0, 0.05) is 25.0 Å². The summed E-state index contributed by atoms with van der Waals surface area (Å²) in [5, 5.41) is 0. The lowest BCUT2D eigenvalue weighted by molar-refractivity contribution is -0.00384. The second-order valence-corrected chi connectivity index (χ2v) is 3.76. The molecule has 0 saturated carbocycles. The summed E-state index contributed by atoms with van der Waals surface area (Å²) in [4.78, 5) is 2.41. The minimum absolute atomic E-state index is 0.550. The van der Waals surface area contributed by atoms with Crippen LogP contribution < -0.4 is 0 Å². The van der Waals surface area contributed by atoms with E-state index >= 15 is 0 Å². The van der Waals surface area contributed by atoms with Gasteiger partial charge in [0.05, 0.1) is 13.2 Å². The standard InChI is InChI=1S/C10H18ClNO/c1-3-10-8-13-5-4-12(10)7-9(2)6-11/h10H,2-8H2,1H3. The number of rotatable bonds is 4. The van der Waals surface area contributed by atoms with Crippen LogP contribution in [0.25, 0.3) is 0 Å². The summed E-state index contributed by atoms with van der Waals surface area (Å²) in [5.41, 5.74) is 1.10. The molecule has 1 aliphatic rings. The fraction of sp³-hybridized carbons (Fsp3) is 0.800. The van der Waals surface area contributed by atoms with Crippen LogP contribution in [-0.4, -0.2) is 43.1 Å². The van der Waals surface area contributed by atoms with Gasteiger partial charge in [-0.2, -0.15) is 0 Å². The normalized spacial score (nSPS) is 24.6. The number of ether oxygens (including phenoxy) is 1. The second-order valence-electron chi connectivity index (χ2n) is 3.49. The van der Waals surface area contributed by atoms with E-state index in [-0.39, 0.29) is 0 Å². The van der Waals surface area contributed by atoms with E-state index in [2.05, 4.69) is 18.4 Å². The van der Waals surface area contributed by atoms with Crippen molar-refractivity contribution in [2.24, 2.45) is 0 Å². The van der Waals surface area contributed by atoms with E-state index in [0.717, 1.165) is 38.3 Å². The zero-order valence-corrected chi connectivity index (χ0v) is 9.02. The zero-order chi connectivity index (χ0) is 9.68. The van der Waals surface area contributed by atoms with Gasteiger partial charge in [0.25, 0.3) is 0 Å². The van der Waals surface area contributed by atoms with Crippen LogP contribution in [0.5, 0.6) is 0 Å². The summed E-state index contributed by atoms with van der Waals surface area (Å²) in [7, 11) is 0. The number of alkyl halides is 1. The molecule has 0 aliphatic carbocycles. The SMILES string of the molecule is C=C(CCl)CN1CCOCC1CC. The number of hydrogen-bond acceptors (Lipinski definition) is 2. The molecular weight excluding hydrogens is 186 g/mol. The molecule has 0 bridgehead atoms. The molecule has 1 fully saturated rings. The van der Waals surface area contributed by atoms with Crippen molar-refractivity contribution in [3.8, 4) is 0 Å². The van der Waals surface area contributed by atoms with Crippen molar-refractivity contribution in [3.63, 3.8) is 0 Å². The highest BCUT2D eigenvalue weighted by molar-refractivity contribution is 6.19. The number of morpholine rings is 1. The number of halogens is 1. The van der Waals surface area contributed by atoms with Gasteiger partial charge in [0.15, 0.2) is 0 Å². The number of nitrogens with zero attached hydrogens (tertiary/aromatic N) is 1. The Kier molecular flexibility index (Phi) is 4.78. The van der Waals surface area contributed by atoms with E-state index in [0.29, 0.717) is 11.9 Å². The van der Waals surface area contributed by atoms with Gasteiger partial charge in [-0.25, -0.2) is 0 Å². The van der Waals surface area contributed by atoms with E-state index in [1.165, 1.54) is 0 Å². The highest BCUT2D eigenvalue weighted by atomic mass is 35.5. The van der Waals surface area contributed by atoms with Crippen molar-refractivity contribution in [2.45, 2.75) is 19.4 Å². The van der Waals surface area contributed by atoms with Gasteiger partial charge in [0.2, 0.25) is 0 Å². The highest BCUT2D eigenvalue weighted by Crippen LogP contribution is 2.12. The second kappa shape index (κ2) is 5.63. The molecule has 0 aromatic rings. The van der Waals surface area contributed by atoms with Gasteiger partial charge >= 0.3 is 0 Å². The average Bonchev–Trinajstić information content (AvgIpc) is 2.18. The Morgan fingerprint density at radius 2 is 2.46 bits per heavy atom. The van der Waals surface area contributed by atoms with Crippen molar-refractivity contribution in [1.82, 2.24) is 4.90 Å². The quantitative estimate of drug-likeness (QED) is 0.511. The van der Waals surface area contributed by atoms with Gasteiger partial charge in [-0.3, -0.25) is 4.90 Å². The Hall–Kier alpha value is -0.0500. The Morgan fingerprint density at radius 1 is 1.69 bits per heavy atom. The first-order chi connectivity index (χ1) is 6.27. The smallest absolute Gasteiger partial charge is 0.0622 e. The maximum absolute atomic E-state index is 5.70. The van der Waals surface area contributed by atoms with Crippen LogP contribution in [0.15, 0.2) is 12.2 Å². The topological polar surface area (TPSA) is 12.5 Å². The molecule has 1 saturated heterocycles. The monoisotopic (exact) mass is 203 g/mol. The van der Waals surface area contributed by atoms with Crippen LogP contribution in [0.1, 0.15) is 13.3 Å². The van der Waals surface area contributed by atoms with Gasteiger partial charge in [0.1, 0.15) is 0 Å². The Labute approximate surface area is 85.5 Å². The van der Waals surface area contributed by atoms with Crippen molar-refractivity contribution >= 4 is 11.6 Å². The van der Waals surface area contributed by atoms with Gasteiger partial charge in [-0.05, 0) is 12.0 Å². The molecule has 0 aromatic heterocycles.